The minimum atomic E-state index is -4.49. The van der Waals surface area contributed by atoms with E-state index in [9.17, 15) is 26.3 Å². The molecule has 51 heavy (non-hydrogen) atoms. The van der Waals surface area contributed by atoms with Crippen molar-refractivity contribution in [3.8, 4) is 0 Å². The van der Waals surface area contributed by atoms with Crippen molar-refractivity contribution in [1.82, 2.24) is 0 Å². The minimum absolute atomic E-state index is 0.271. The second-order valence-corrected chi connectivity index (χ2v) is 15.9. The van der Waals surface area contributed by atoms with Crippen molar-refractivity contribution in [1.29, 1.82) is 0 Å². The fourth-order valence-electron chi connectivity index (χ4n) is 5.75. The number of hydrogen-bond donors (Lipinski definition) is 0. The van der Waals surface area contributed by atoms with Gasteiger partial charge in [-0.05, 0) is 27.7 Å². The average molecular weight is 778 g/mol. The summed E-state index contributed by atoms with van der Waals surface area (Å²) in [6, 6.07) is 20.7. The number of allylic oxidation sites excluding steroid dienone is 4. The monoisotopic (exact) mass is 776 g/mol. The van der Waals surface area contributed by atoms with Crippen LogP contribution < -0.4 is 0 Å². The normalized spacial score (nSPS) is 14.7. The number of aryl methyl sites for hydroxylation is 4. The van der Waals surface area contributed by atoms with Gasteiger partial charge in [-0.15, -0.1) is 39.7 Å². The summed E-state index contributed by atoms with van der Waals surface area (Å²) in [5.74, 6) is 1.22. The van der Waals surface area contributed by atoms with Gasteiger partial charge in [0.25, 0.3) is 0 Å². The zero-order valence-electron chi connectivity index (χ0n) is 30.6. The number of halogens is 6. The van der Waals surface area contributed by atoms with Crippen molar-refractivity contribution in [2.24, 2.45) is 17.3 Å². The van der Waals surface area contributed by atoms with E-state index in [0.29, 0.717) is 15.0 Å². The van der Waals surface area contributed by atoms with Gasteiger partial charge in [0.2, 0.25) is 0 Å². The molecule has 1 aliphatic rings. The van der Waals surface area contributed by atoms with Gasteiger partial charge >= 0.3 is 137 Å². The number of fused-ring (bicyclic) bond motifs is 3. The number of alkyl halides is 6. The van der Waals surface area contributed by atoms with E-state index >= 15 is 0 Å². The van der Waals surface area contributed by atoms with E-state index in [4.69, 9.17) is 0 Å². The van der Waals surface area contributed by atoms with Crippen LogP contribution in [0, 0.1) is 51.0 Å². The van der Waals surface area contributed by atoms with E-state index in [1.807, 2.05) is 0 Å². The van der Waals surface area contributed by atoms with Gasteiger partial charge in [-0.1, -0.05) is 86.3 Å². The molecule has 0 saturated heterocycles. The second-order valence-electron chi connectivity index (χ2n) is 14.7. The van der Waals surface area contributed by atoms with Gasteiger partial charge in [0.15, 0.2) is 0 Å². The van der Waals surface area contributed by atoms with Crippen molar-refractivity contribution >= 4 is 24.8 Å². The molecule has 0 heterocycles. The third kappa shape index (κ3) is 10.1. The van der Waals surface area contributed by atoms with Crippen molar-refractivity contribution in [3.63, 3.8) is 0 Å². The summed E-state index contributed by atoms with van der Waals surface area (Å²) in [5, 5.41) is 5.53. The molecule has 5 aromatic carbocycles. The molecule has 0 N–H and O–H groups in total. The second kappa shape index (κ2) is 15.7. The van der Waals surface area contributed by atoms with Crippen molar-refractivity contribution in [3.05, 3.63) is 147 Å². The third-order valence-corrected chi connectivity index (χ3v) is 10.7. The molecular weight excluding hydrogens is 734 g/mol. The van der Waals surface area contributed by atoms with E-state index < -0.39 is 23.5 Å². The SMILES string of the molecule is CC(C)C1[C-]=CC(C(C)(C)C)=C1.Cc1cc2[cH-]c3cc(C)c(C)cc3c2cc1C.FC(F)(F)c1cccc([C](=[Zr+2])c2cccc(C(F)(F)F)c2)c1. The molecule has 1 atom stereocenters. The van der Waals surface area contributed by atoms with Crippen LogP contribution in [0.2, 0.25) is 0 Å². The van der Waals surface area contributed by atoms with Crippen molar-refractivity contribution in [2.45, 2.75) is 74.7 Å². The Morgan fingerprint density at radius 1 is 0.667 bits per heavy atom. The fourth-order valence-corrected chi connectivity index (χ4v) is 6.51. The molecule has 0 aliphatic heterocycles. The molecule has 1 unspecified atom stereocenters. The summed E-state index contributed by atoms with van der Waals surface area (Å²) in [7, 11) is 0. The first-order chi connectivity index (χ1) is 23.6. The molecule has 7 heteroatoms. The zero-order chi connectivity index (χ0) is 38.1. The predicted octanol–water partition coefficient (Wildman–Crippen LogP) is 13.4. The molecule has 0 bridgehead atoms. The summed E-state index contributed by atoms with van der Waals surface area (Å²) in [4.78, 5) is 0. The molecule has 5 aromatic rings. The average Bonchev–Trinajstić information content (AvgIpc) is 3.67. The fraction of sp³-hybridized carbons (Fsp3) is 0.318. The molecule has 0 amide bonds. The molecule has 1 aliphatic carbocycles. The summed E-state index contributed by atoms with van der Waals surface area (Å²) < 4.78 is 76.7. The Morgan fingerprint density at radius 3 is 1.41 bits per heavy atom. The summed E-state index contributed by atoms with van der Waals surface area (Å²) in [5.41, 5.74) is 6.13. The van der Waals surface area contributed by atoms with Gasteiger partial charge in [0.1, 0.15) is 0 Å². The van der Waals surface area contributed by atoms with Crippen LogP contribution in [0.1, 0.15) is 79.1 Å². The van der Waals surface area contributed by atoms with Crippen LogP contribution >= 0.6 is 0 Å². The first kappa shape index (κ1) is 40.3. The van der Waals surface area contributed by atoms with E-state index in [-0.39, 0.29) is 16.5 Å². The maximum atomic E-state index is 12.7. The van der Waals surface area contributed by atoms with Crippen molar-refractivity contribution in [2.75, 3.05) is 0 Å². The Hall–Kier alpha value is -3.44. The molecule has 0 spiro atoms. The van der Waals surface area contributed by atoms with E-state index in [2.05, 4.69) is 111 Å². The van der Waals surface area contributed by atoms with Crippen LogP contribution in [0.25, 0.3) is 21.5 Å². The van der Waals surface area contributed by atoms with Crippen LogP contribution in [0.5, 0.6) is 0 Å². The number of rotatable bonds is 3. The van der Waals surface area contributed by atoms with Crippen LogP contribution in [0.3, 0.4) is 0 Å². The number of benzene rings is 4. The predicted molar refractivity (Wildman–Crippen MR) is 196 cm³/mol. The van der Waals surface area contributed by atoms with Gasteiger partial charge < -0.3 is 0 Å². The standard InChI is InChI=1S/C17H17.C15H8F6.C12H19.Zr/c1-10-5-14-9-15-6-11(2)13(4)8-17(15)16(14)7-12(10)3;16-14(17,18)12-5-1-3-10(8-12)7-11-4-2-6-13(9-11)15(19,20)21;1-9(2)10-6-7-11(8-10)12(3,4)5;/h5-9H,1-4H3;1-6,8-9H;7-10H,1-5H3;/q-1;;-1;+2. The summed E-state index contributed by atoms with van der Waals surface area (Å²) >= 11 is 0.729. The first-order valence-electron chi connectivity index (χ1n) is 16.9. The van der Waals surface area contributed by atoms with Crippen LogP contribution in [0.15, 0.2) is 96.6 Å². The van der Waals surface area contributed by atoms with Crippen LogP contribution in [0.4, 0.5) is 26.3 Å². The van der Waals surface area contributed by atoms with E-state index in [1.54, 1.807) is 0 Å². The molecule has 0 nitrogen and oxygen atoms in total. The number of hydrogen-bond acceptors (Lipinski definition) is 0. The Kier molecular flexibility index (Phi) is 12.4. The molecule has 266 valence electrons. The zero-order valence-corrected chi connectivity index (χ0v) is 33.0. The molecular formula is C44H44F6Zr. The topological polar surface area (TPSA) is 0 Å². The van der Waals surface area contributed by atoms with Gasteiger partial charge in [-0.3, -0.25) is 6.08 Å². The maximum absolute atomic E-state index is 12.7. The van der Waals surface area contributed by atoms with Crippen LogP contribution in [-0.2, 0) is 36.6 Å². The Labute approximate surface area is 313 Å². The Morgan fingerprint density at radius 2 is 1.08 bits per heavy atom. The summed E-state index contributed by atoms with van der Waals surface area (Å²) in [6.45, 7) is 20.0. The first-order valence-corrected chi connectivity index (χ1v) is 18.1. The van der Waals surface area contributed by atoms with E-state index in [1.165, 1.54) is 73.6 Å². The van der Waals surface area contributed by atoms with Gasteiger partial charge in [0.05, 0.1) is 0 Å². The molecule has 0 radical (unpaired) electrons. The van der Waals surface area contributed by atoms with Crippen molar-refractivity contribution < 1.29 is 50.6 Å². The molecule has 0 aromatic heterocycles. The molecule has 0 saturated carbocycles. The van der Waals surface area contributed by atoms with Gasteiger partial charge in [-0.25, -0.2) is 6.08 Å². The molecule has 6 rings (SSSR count). The molecule has 0 fully saturated rings. The Balaban J connectivity index is 0.000000179. The van der Waals surface area contributed by atoms with Gasteiger partial charge in [0, 0.05) is 0 Å². The quantitative estimate of drug-likeness (QED) is 0.126. The third-order valence-electron chi connectivity index (χ3n) is 9.26. The Bertz CT molecular complexity index is 1970. The van der Waals surface area contributed by atoms with Gasteiger partial charge in [-0.2, -0.15) is 11.6 Å². The van der Waals surface area contributed by atoms with E-state index in [0.717, 1.165) is 48.5 Å². The summed E-state index contributed by atoms with van der Waals surface area (Å²) in [6.07, 6.45) is -1.07. The van der Waals surface area contributed by atoms with Crippen LogP contribution in [-0.4, -0.2) is 3.21 Å².